The van der Waals surface area contributed by atoms with Gasteiger partial charge in [-0.3, -0.25) is 0 Å². The van der Waals surface area contributed by atoms with Crippen molar-refractivity contribution in [3.8, 4) is 0 Å². The number of aromatic carboxylic acids is 1. The van der Waals surface area contributed by atoms with Crippen LogP contribution in [0.4, 0.5) is 14.6 Å². The quantitative estimate of drug-likeness (QED) is 0.944. The van der Waals surface area contributed by atoms with Crippen LogP contribution < -0.4 is 4.90 Å². The van der Waals surface area contributed by atoms with E-state index in [0.29, 0.717) is 29.7 Å². The molecule has 1 atom stereocenters. The molecule has 0 radical (unpaired) electrons. The molecule has 1 unspecified atom stereocenters. The molecule has 21 heavy (non-hydrogen) atoms. The Balaban J connectivity index is 1.94. The second kappa shape index (κ2) is 5.27. The zero-order valence-electron chi connectivity index (χ0n) is 11.2. The number of nitrogens with zero attached hydrogens (tertiary/aromatic N) is 2. The van der Waals surface area contributed by atoms with Gasteiger partial charge in [-0.25, -0.2) is 18.6 Å². The SMILES string of the molecule is O=C(O)c1cccc2nc(N3CCC(C(F)F)C3)ccc12. The van der Waals surface area contributed by atoms with E-state index in [1.54, 1.807) is 24.3 Å². The van der Waals surface area contributed by atoms with E-state index in [0.717, 1.165) is 0 Å². The summed E-state index contributed by atoms with van der Waals surface area (Å²) in [6, 6.07) is 8.27. The summed E-state index contributed by atoms with van der Waals surface area (Å²) in [4.78, 5) is 17.4. The number of alkyl halides is 2. The van der Waals surface area contributed by atoms with E-state index in [2.05, 4.69) is 4.98 Å². The smallest absolute Gasteiger partial charge is 0.336 e. The van der Waals surface area contributed by atoms with E-state index >= 15 is 0 Å². The minimum Gasteiger partial charge on any atom is -0.478 e. The molecule has 4 nitrogen and oxygen atoms in total. The summed E-state index contributed by atoms with van der Waals surface area (Å²) in [5.74, 6) is -1.00. The Morgan fingerprint density at radius 3 is 2.81 bits per heavy atom. The number of benzene rings is 1. The maximum Gasteiger partial charge on any atom is 0.336 e. The van der Waals surface area contributed by atoms with Gasteiger partial charge in [-0.2, -0.15) is 0 Å². The third-order valence-corrected chi connectivity index (χ3v) is 3.85. The Kier molecular flexibility index (Phi) is 3.45. The van der Waals surface area contributed by atoms with Crippen molar-refractivity contribution >= 4 is 22.7 Å². The van der Waals surface area contributed by atoms with Crippen LogP contribution in [-0.2, 0) is 0 Å². The molecule has 1 fully saturated rings. The van der Waals surface area contributed by atoms with Crippen LogP contribution in [0.25, 0.3) is 10.9 Å². The molecular weight excluding hydrogens is 278 g/mol. The van der Waals surface area contributed by atoms with Crippen LogP contribution in [0.1, 0.15) is 16.8 Å². The van der Waals surface area contributed by atoms with Gasteiger partial charge in [0, 0.05) is 24.4 Å². The first-order valence-electron chi connectivity index (χ1n) is 6.72. The predicted molar refractivity (Wildman–Crippen MR) is 75.0 cm³/mol. The summed E-state index contributed by atoms with van der Waals surface area (Å²) >= 11 is 0. The van der Waals surface area contributed by atoms with E-state index in [1.165, 1.54) is 6.07 Å². The van der Waals surface area contributed by atoms with Crippen molar-refractivity contribution in [2.45, 2.75) is 12.8 Å². The number of carboxylic acid groups (broad SMARTS) is 1. The molecule has 110 valence electrons. The zero-order valence-corrected chi connectivity index (χ0v) is 11.2. The van der Waals surface area contributed by atoms with Crippen LogP contribution in [0.3, 0.4) is 0 Å². The highest BCUT2D eigenvalue weighted by Gasteiger charge is 2.30. The molecule has 1 aromatic heterocycles. The van der Waals surface area contributed by atoms with Crippen molar-refractivity contribution in [1.29, 1.82) is 0 Å². The van der Waals surface area contributed by atoms with Crippen molar-refractivity contribution in [1.82, 2.24) is 4.98 Å². The molecule has 0 bridgehead atoms. The first-order chi connectivity index (χ1) is 10.1. The maximum absolute atomic E-state index is 12.7. The van der Waals surface area contributed by atoms with Crippen LogP contribution in [0, 0.1) is 5.92 Å². The van der Waals surface area contributed by atoms with Crippen LogP contribution >= 0.6 is 0 Å². The molecule has 0 aliphatic carbocycles. The number of halogens is 2. The van der Waals surface area contributed by atoms with Gasteiger partial charge in [0.05, 0.1) is 11.1 Å². The van der Waals surface area contributed by atoms with Crippen molar-refractivity contribution < 1.29 is 18.7 Å². The summed E-state index contributed by atoms with van der Waals surface area (Å²) in [6.07, 6.45) is -1.86. The number of hydrogen-bond donors (Lipinski definition) is 1. The monoisotopic (exact) mass is 292 g/mol. The van der Waals surface area contributed by atoms with Gasteiger partial charge in [0.1, 0.15) is 5.82 Å². The van der Waals surface area contributed by atoms with Gasteiger partial charge in [0.2, 0.25) is 6.43 Å². The van der Waals surface area contributed by atoms with Crippen molar-refractivity contribution in [3.63, 3.8) is 0 Å². The van der Waals surface area contributed by atoms with Gasteiger partial charge in [-0.05, 0) is 30.7 Å². The number of anilines is 1. The van der Waals surface area contributed by atoms with Gasteiger partial charge in [-0.15, -0.1) is 0 Å². The van der Waals surface area contributed by atoms with E-state index in [4.69, 9.17) is 5.11 Å². The summed E-state index contributed by atoms with van der Waals surface area (Å²) in [5.41, 5.74) is 0.756. The van der Waals surface area contributed by atoms with E-state index in [9.17, 15) is 13.6 Å². The van der Waals surface area contributed by atoms with Crippen LogP contribution in [0.5, 0.6) is 0 Å². The molecule has 1 aliphatic heterocycles. The normalized spacial score (nSPS) is 18.6. The second-order valence-corrected chi connectivity index (χ2v) is 5.18. The fourth-order valence-corrected chi connectivity index (χ4v) is 2.71. The molecule has 0 spiro atoms. The van der Waals surface area contributed by atoms with Crippen LogP contribution in [0.2, 0.25) is 0 Å². The highest BCUT2D eigenvalue weighted by Crippen LogP contribution is 2.28. The summed E-state index contributed by atoms with van der Waals surface area (Å²) in [5, 5.41) is 9.69. The van der Waals surface area contributed by atoms with E-state index in [-0.39, 0.29) is 12.1 Å². The molecule has 1 N–H and O–H groups in total. The predicted octanol–water partition coefficient (Wildman–Crippen LogP) is 3.02. The lowest BCUT2D eigenvalue weighted by atomic mass is 10.1. The average molecular weight is 292 g/mol. The van der Waals surface area contributed by atoms with Crippen molar-refractivity contribution in [2.75, 3.05) is 18.0 Å². The van der Waals surface area contributed by atoms with Crippen LogP contribution in [-0.4, -0.2) is 35.6 Å². The molecule has 0 amide bonds. The first-order valence-corrected chi connectivity index (χ1v) is 6.72. The molecule has 2 heterocycles. The van der Waals surface area contributed by atoms with Crippen molar-refractivity contribution in [3.05, 3.63) is 35.9 Å². The number of hydrogen-bond acceptors (Lipinski definition) is 3. The highest BCUT2D eigenvalue weighted by atomic mass is 19.3. The van der Waals surface area contributed by atoms with Gasteiger partial charge in [-0.1, -0.05) is 6.07 Å². The number of rotatable bonds is 3. The zero-order chi connectivity index (χ0) is 15.0. The fourth-order valence-electron chi connectivity index (χ4n) is 2.71. The number of carboxylic acids is 1. The number of fused-ring (bicyclic) bond motifs is 1. The minimum atomic E-state index is -2.31. The number of carbonyl (C=O) groups is 1. The molecule has 6 heteroatoms. The molecule has 0 saturated carbocycles. The lowest BCUT2D eigenvalue weighted by molar-refractivity contribution is 0.0699. The molecule has 1 aromatic carbocycles. The molecular formula is C15H14F2N2O2. The Bertz CT molecular complexity index is 690. The average Bonchev–Trinajstić information content (AvgIpc) is 2.96. The first kappa shape index (κ1) is 13.7. The molecule has 1 aliphatic rings. The van der Waals surface area contributed by atoms with E-state index in [1.807, 2.05) is 4.90 Å². The Morgan fingerprint density at radius 1 is 1.33 bits per heavy atom. The maximum atomic E-state index is 12.7. The summed E-state index contributed by atoms with van der Waals surface area (Å²) < 4.78 is 25.4. The standard InChI is InChI=1S/C15H14F2N2O2/c16-14(17)9-6-7-19(8-9)13-5-4-10-11(15(20)21)2-1-3-12(10)18-13/h1-5,9,14H,6-8H2,(H,20,21). The highest BCUT2D eigenvalue weighted by molar-refractivity contribution is 6.02. The lowest BCUT2D eigenvalue weighted by Gasteiger charge is -2.18. The van der Waals surface area contributed by atoms with Gasteiger partial charge >= 0.3 is 5.97 Å². The lowest BCUT2D eigenvalue weighted by Crippen LogP contribution is -2.22. The summed E-state index contributed by atoms with van der Waals surface area (Å²) in [7, 11) is 0. The molecule has 2 aromatic rings. The molecule has 1 saturated heterocycles. The number of pyridine rings is 1. The van der Waals surface area contributed by atoms with Gasteiger partial charge in [0.25, 0.3) is 0 Å². The summed E-state index contributed by atoms with van der Waals surface area (Å²) in [6.45, 7) is 0.834. The second-order valence-electron chi connectivity index (χ2n) is 5.18. The van der Waals surface area contributed by atoms with Crippen LogP contribution in [0.15, 0.2) is 30.3 Å². The molecule has 3 rings (SSSR count). The van der Waals surface area contributed by atoms with Crippen molar-refractivity contribution in [2.24, 2.45) is 5.92 Å². The number of aromatic nitrogens is 1. The van der Waals surface area contributed by atoms with E-state index < -0.39 is 18.3 Å². The fraction of sp³-hybridized carbons (Fsp3) is 0.333. The Morgan fingerprint density at radius 2 is 2.14 bits per heavy atom. The topological polar surface area (TPSA) is 53.4 Å². The van der Waals surface area contributed by atoms with Gasteiger partial charge < -0.3 is 10.0 Å². The largest absolute Gasteiger partial charge is 0.478 e. The van der Waals surface area contributed by atoms with Gasteiger partial charge in [0.15, 0.2) is 0 Å². The third-order valence-electron chi connectivity index (χ3n) is 3.85. The minimum absolute atomic E-state index is 0.193. The Hall–Kier alpha value is -2.24. The third kappa shape index (κ3) is 2.53. The Labute approximate surface area is 120 Å².